The number of rotatable bonds is 14. The number of halogens is 6. The molecule has 0 spiro atoms. The largest absolute Gasteiger partial charge is 0.416 e. The highest BCUT2D eigenvalue weighted by Crippen LogP contribution is 2.48. The molecule has 0 amide bonds. The molecule has 4 aromatic heterocycles. The molecule has 0 fully saturated rings. The summed E-state index contributed by atoms with van der Waals surface area (Å²) in [6, 6.07) is 110. The van der Waals surface area contributed by atoms with E-state index in [9.17, 15) is 29.0 Å². The fourth-order valence-electron chi connectivity index (χ4n) is 15.9. The molecule has 118 heavy (non-hydrogen) atoms. The fourth-order valence-corrected chi connectivity index (χ4v) is 15.9. The highest BCUT2D eigenvalue weighted by molar-refractivity contribution is 6.14. The Hall–Kier alpha value is -16.0. The Morgan fingerprint density at radius 3 is 1.01 bits per heavy atom. The number of alkyl halides is 6. The molecule has 11 nitrogen and oxygen atoms in total. The molecule has 0 aliphatic heterocycles. The summed E-state index contributed by atoms with van der Waals surface area (Å²) in [5, 5.41) is 35.7. The van der Waals surface area contributed by atoms with Crippen molar-refractivity contribution in [1.82, 2.24) is 39.0 Å². The van der Waals surface area contributed by atoms with Crippen molar-refractivity contribution in [3.63, 3.8) is 0 Å². The first-order valence-electron chi connectivity index (χ1n) is 37.7. The second kappa shape index (κ2) is 29.5. The second-order valence-corrected chi connectivity index (χ2v) is 28.5. The molecule has 0 aliphatic rings. The van der Waals surface area contributed by atoms with Gasteiger partial charge >= 0.3 is 12.4 Å². The average Bonchev–Trinajstić information content (AvgIpc) is 1.51. The molecule has 558 valence electrons. The molecule has 19 rings (SSSR count). The highest BCUT2D eigenvalue weighted by Gasteiger charge is 2.33. The van der Waals surface area contributed by atoms with Crippen molar-refractivity contribution in [2.24, 2.45) is 0 Å². The Morgan fingerprint density at radius 1 is 0.212 bits per heavy atom. The Kier molecular flexibility index (Phi) is 18.1. The molecule has 0 radical (unpaired) electrons. The van der Waals surface area contributed by atoms with Gasteiger partial charge in [-0.15, -0.1) is 0 Å². The van der Waals surface area contributed by atoms with Gasteiger partial charge in [-0.05, 0) is 176 Å². The molecule has 17 heteroatoms. The highest BCUT2D eigenvalue weighted by atomic mass is 19.4. The minimum Gasteiger partial charge on any atom is -0.308 e. The molecule has 0 atom stereocenters. The third-order valence-electron chi connectivity index (χ3n) is 21.4. The standard InChI is InChI=1S/C101H57F6N11/c102-100(103,104)75-33-19-31-65(50-75)66-39-45-81(98-113-94(61-21-5-1-6-22-61)111-95(114-98)62-23-7-2-8-24-62)92(55-66)118-90-47-42-70(78-36-16-14-30-73(78)59-109)53-85(90)86-54-71(43-48-91(86)118)79-44-40-68(49-74(79)60-110)82-56-87(99-115-96(63-25-9-3-10-26-63)112-97(116-99)64-27-11-4-12-28-64)93(57-83(82)67-32-20-34-76(51-67)101(105,106)107)117-88-38-18-17-37-80(88)84-52-69(41-46-89(84)117)77-35-15-13-29-72(77)58-108/h1-57H. The van der Waals surface area contributed by atoms with Gasteiger partial charge in [0.2, 0.25) is 0 Å². The van der Waals surface area contributed by atoms with Crippen LogP contribution in [0.15, 0.2) is 346 Å². The Morgan fingerprint density at radius 2 is 0.534 bits per heavy atom. The van der Waals surface area contributed by atoms with E-state index in [1.165, 1.54) is 12.1 Å². The summed E-state index contributed by atoms with van der Waals surface area (Å²) in [4.78, 5) is 31.1. The van der Waals surface area contributed by atoms with Crippen LogP contribution in [0.1, 0.15) is 27.8 Å². The number of benzene rings is 15. The van der Waals surface area contributed by atoms with E-state index in [0.717, 1.165) is 57.2 Å². The van der Waals surface area contributed by atoms with Crippen molar-refractivity contribution in [1.29, 1.82) is 15.8 Å². The van der Waals surface area contributed by atoms with Crippen molar-refractivity contribution in [3.8, 4) is 165 Å². The lowest BCUT2D eigenvalue weighted by Gasteiger charge is -2.21. The predicted octanol–water partition coefficient (Wildman–Crippen LogP) is 25.9. The number of nitriles is 3. The maximum Gasteiger partial charge on any atom is 0.416 e. The lowest BCUT2D eigenvalue weighted by Crippen LogP contribution is -2.06. The summed E-state index contributed by atoms with van der Waals surface area (Å²) in [7, 11) is 0. The Labute approximate surface area is 671 Å². The minimum absolute atomic E-state index is 0.202. The summed E-state index contributed by atoms with van der Waals surface area (Å²) in [6.45, 7) is 0. The van der Waals surface area contributed by atoms with Gasteiger partial charge in [-0.25, -0.2) is 29.9 Å². The molecule has 0 N–H and O–H groups in total. The van der Waals surface area contributed by atoms with Crippen molar-refractivity contribution in [2.45, 2.75) is 12.4 Å². The number of para-hydroxylation sites is 1. The number of hydrogen-bond donors (Lipinski definition) is 0. The van der Waals surface area contributed by atoms with E-state index >= 15 is 13.2 Å². The SMILES string of the molecule is N#Cc1ccccc1-c1ccc2c(c1)c1ccccc1n2-c1cc(-c2cccc(C(F)(F)F)c2)c(-c2ccc(-c3ccc4c(c3)c3cc(-c5ccccc5C#N)ccc3n4-c3cc(-c4cccc(C(F)(F)F)c4)ccc3-c3nc(-c4ccccc4)nc(-c4ccccc4)n3)c(C#N)c2)cc1-c1nc(-c2ccccc2)nc(-c2ccccc2)n1. The summed E-state index contributed by atoms with van der Waals surface area (Å²) in [5.41, 5.74) is 13.2. The first-order valence-corrected chi connectivity index (χ1v) is 37.7. The van der Waals surface area contributed by atoms with E-state index in [1.54, 1.807) is 42.5 Å². The zero-order valence-electron chi connectivity index (χ0n) is 62.1. The van der Waals surface area contributed by atoms with E-state index in [0.29, 0.717) is 151 Å². The van der Waals surface area contributed by atoms with Crippen LogP contribution >= 0.6 is 0 Å². The van der Waals surface area contributed by atoms with E-state index in [2.05, 4.69) is 22.8 Å². The minimum atomic E-state index is -4.75. The van der Waals surface area contributed by atoms with Crippen molar-refractivity contribution >= 4 is 43.6 Å². The van der Waals surface area contributed by atoms with Crippen LogP contribution in [0.2, 0.25) is 0 Å². The van der Waals surface area contributed by atoms with Crippen LogP contribution in [0.3, 0.4) is 0 Å². The van der Waals surface area contributed by atoms with E-state index < -0.39 is 23.5 Å². The lowest BCUT2D eigenvalue weighted by molar-refractivity contribution is -0.138. The first-order chi connectivity index (χ1) is 57.6. The fraction of sp³-hybridized carbons (Fsp3) is 0.0198. The van der Waals surface area contributed by atoms with Crippen molar-refractivity contribution in [3.05, 3.63) is 374 Å². The predicted molar refractivity (Wildman–Crippen MR) is 451 cm³/mol. The van der Waals surface area contributed by atoms with Crippen LogP contribution in [0, 0.1) is 34.0 Å². The van der Waals surface area contributed by atoms with Crippen molar-refractivity contribution < 1.29 is 26.3 Å². The summed E-state index contributed by atoms with van der Waals surface area (Å²) in [6.07, 6.45) is -9.40. The molecule has 0 bridgehead atoms. The molecule has 0 saturated carbocycles. The zero-order chi connectivity index (χ0) is 80.3. The quantitative estimate of drug-likeness (QED) is 0.0966. The summed E-state index contributed by atoms with van der Waals surface area (Å²) >= 11 is 0. The van der Waals surface area contributed by atoms with E-state index in [-0.39, 0.29) is 22.8 Å². The smallest absolute Gasteiger partial charge is 0.308 e. The van der Waals surface area contributed by atoms with Gasteiger partial charge in [0.25, 0.3) is 0 Å². The molecule has 4 heterocycles. The normalized spacial score (nSPS) is 11.6. The third kappa shape index (κ3) is 13.2. The van der Waals surface area contributed by atoms with Gasteiger partial charge in [0, 0.05) is 54.9 Å². The van der Waals surface area contributed by atoms with Gasteiger partial charge in [-0.3, -0.25) is 0 Å². The summed E-state index contributed by atoms with van der Waals surface area (Å²) in [5.74, 6) is 1.95. The van der Waals surface area contributed by atoms with Gasteiger partial charge in [0.15, 0.2) is 34.9 Å². The number of fused-ring (bicyclic) bond motifs is 6. The molecule has 0 unspecified atom stereocenters. The van der Waals surface area contributed by atoms with Crippen molar-refractivity contribution in [2.75, 3.05) is 0 Å². The van der Waals surface area contributed by atoms with Crippen LogP contribution < -0.4 is 0 Å². The first kappa shape index (κ1) is 72.2. The van der Waals surface area contributed by atoms with Crippen LogP contribution in [0.4, 0.5) is 26.3 Å². The number of hydrogen-bond acceptors (Lipinski definition) is 9. The zero-order valence-corrected chi connectivity index (χ0v) is 62.1. The third-order valence-corrected chi connectivity index (χ3v) is 21.4. The number of aromatic nitrogens is 8. The molecular weight excluding hydrogens is 1480 g/mol. The molecule has 15 aromatic carbocycles. The van der Waals surface area contributed by atoms with E-state index in [4.69, 9.17) is 29.9 Å². The summed E-state index contributed by atoms with van der Waals surface area (Å²) < 4.78 is 94.1. The molecule has 0 saturated heterocycles. The average molecular weight is 1540 g/mol. The maximum absolute atomic E-state index is 15.3. The van der Waals surface area contributed by atoms with Gasteiger partial charge in [0.05, 0.1) is 79.5 Å². The van der Waals surface area contributed by atoms with Gasteiger partial charge < -0.3 is 9.13 Å². The maximum atomic E-state index is 15.3. The topological polar surface area (TPSA) is 159 Å². The second-order valence-electron chi connectivity index (χ2n) is 28.5. The van der Waals surface area contributed by atoms with Crippen LogP contribution in [-0.4, -0.2) is 39.0 Å². The van der Waals surface area contributed by atoms with Crippen LogP contribution in [-0.2, 0) is 12.4 Å². The molecule has 0 aliphatic carbocycles. The lowest BCUT2D eigenvalue weighted by atomic mass is 9.88. The van der Waals surface area contributed by atoms with Crippen LogP contribution in [0.5, 0.6) is 0 Å². The van der Waals surface area contributed by atoms with Gasteiger partial charge in [-0.2, -0.15) is 42.1 Å². The molecule has 19 aromatic rings. The number of nitrogens with zero attached hydrogens (tertiary/aromatic N) is 11. The monoisotopic (exact) mass is 1540 g/mol. The Bertz CT molecular complexity index is 7270. The van der Waals surface area contributed by atoms with E-state index in [1.807, 2.05) is 271 Å². The Balaban J connectivity index is 0.853. The van der Waals surface area contributed by atoms with Gasteiger partial charge in [0.1, 0.15) is 0 Å². The van der Waals surface area contributed by atoms with Gasteiger partial charge in [-0.1, -0.05) is 237 Å². The molecular formula is C101H57F6N11. The van der Waals surface area contributed by atoms with Crippen LogP contribution in [0.25, 0.3) is 190 Å².